The summed E-state index contributed by atoms with van der Waals surface area (Å²) in [6, 6.07) is 1.49. The average Bonchev–Trinajstić information content (AvgIpc) is 2.36. The molecule has 0 aromatic carbocycles. The van der Waals surface area contributed by atoms with Crippen molar-refractivity contribution in [2.24, 2.45) is 5.92 Å². The zero-order valence-electron chi connectivity index (χ0n) is 12.4. The van der Waals surface area contributed by atoms with Gasteiger partial charge >= 0.3 is 0 Å². The van der Waals surface area contributed by atoms with Gasteiger partial charge in [-0.15, -0.1) is 0 Å². The molecule has 1 saturated heterocycles. The zero-order chi connectivity index (χ0) is 14.8. The van der Waals surface area contributed by atoms with Crippen molar-refractivity contribution in [1.82, 2.24) is 10.3 Å². The standard InChI is InChI=1S/C15H23BrFN3/c1-15(2,3)19-8-11-5-4-6-20(10-11)14-13(17)7-12(16)9-18-14/h7,9,11,19H,4-6,8,10H2,1-3H3. The Bertz CT molecular complexity index is 459. The molecule has 3 nitrogen and oxygen atoms in total. The highest BCUT2D eigenvalue weighted by Crippen LogP contribution is 2.25. The van der Waals surface area contributed by atoms with Gasteiger partial charge in [0.1, 0.15) is 0 Å². The number of piperidine rings is 1. The van der Waals surface area contributed by atoms with Crippen molar-refractivity contribution in [3.05, 3.63) is 22.6 Å². The molecule has 1 aliphatic heterocycles. The van der Waals surface area contributed by atoms with Crippen LogP contribution in [0.3, 0.4) is 0 Å². The highest BCUT2D eigenvalue weighted by Gasteiger charge is 2.24. The maximum Gasteiger partial charge on any atom is 0.166 e. The summed E-state index contributed by atoms with van der Waals surface area (Å²) in [5.74, 6) is 0.783. The van der Waals surface area contributed by atoms with E-state index in [1.54, 1.807) is 6.20 Å². The molecule has 112 valence electrons. The molecular formula is C15H23BrFN3. The van der Waals surface area contributed by atoms with Crippen molar-refractivity contribution in [3.8, 4) is 0 Å². The number of nitrogens with zero attached hydrogens (tertiary/aromatic N) is 2. The average molecular weight is 344 g/mol. The van der Waals surface area contributed by atoms with E-state index in [1.165, 1.54) is 12.5 Å². The van der Waals surface area contributed by atoms with Gasteiger partial charge in [-0.05, 0) is 61.5 Å². The molecule has 1 aromatic heterocycles. The van der Waals surface area contributed by atoms with Crippen LogP contribution in [0.4, 0.5) is 10.2 Å². The van der Waals surface area contributed by atoms with Gasteiger partial charge < -0.3 is 10.2 Å². The first kappa shape index (κ1) is 15.7. The number of halogens is 2. The summed E-state index contributed by atoms with van der Waals surface area (Å²) in [5.41, 5.74) is 0.128. The molecule has 1 unspecified atom stereocenters. The number of aromatic nitrogens is 1. The molecule has 0 saturated carbocycles. The van der Waals surface area contributed by atoms with Crippen LogP contribution in [0, 0.1) is 11.7 Å². The van der Waals surface area contributed by atoms with Crippen molar-refractivity contribution in [2.45, 2.75) is 39.2 Å². The molecule has 1 atom stereocenters. The highest BCUT2D eigenvalue weighted by molar-refractivity contribution is 9.10. The Morgan fingerprint density at radius 1 is 1.50 bits per heavy atom. The second-order valence-electron chi connectivity index (χ2n) is 6.54. The fourth-order valence-electron chi connectivity index (χ4n) is 2.51. The first-order valence-corrected chi connectivity index (χ1v) is 7.95. The molecule has 0 bridgehead atoms. The van der Waals surface area contributed by atoms with Crippen LogP contribution >= 0.6 is 15.9 Å². The fourth-order valence-corrected chi connectivity index (χ4v) is 2.82. The van der Waals surface area contributed by atoms with Gasteiger partial charge in [-0.2, -0.15) is 0 Å². The Hall–Kier alpha value is -0.680. The lowest BCUT2D eigenvalue weighted by Crippen LogP contribution is -2.45. The lowest BCUT2D eigenvalue weighted by atomic mass is 9.96. The summed E-state index contributed by atoms with van der Waals surface area (Å²) in [6.07, 6.45) is 3.95. The first-order chi connectivity index (χ1) is 9.35. The number of anilines is 1. The van der Waals surface area contributed by atoms with Crippen molar-refractivity contribution in [1.29, 1.82) is 0 Å². The zero-order valence-corrected chi connectivity index (χ0v) is 14.0. The van der Waals surface area contributed by atoms with E-state index in [4.69, 9.17) is 0 Å². The summed E-state index contributed by atoms with van der Waals surface area (Å²) in [4.78, 5) is 6.30. The van der Waals surface area contributed by atoms with Gasteiger partial charge in [0, 0.05) is 35.8 Å². The van der Waals surface area contributed by atoms with E-state index in [1.807, 2.05) is 0 Å². The van der Waals surface area contributed by atoms with Crippen molar-refractivity contribution in [3.63, 3.8) is 0 Å². The third-order valence-electron chi connectivity index (χ3n) is 3.53. The lowest BCUT2D eigenvalue weighted by molar-refractivity contribution is 0.333. The number of pyridine rings is 1. The van der Waals surface area contributed by atoms with E-state index in [-0.39, 0.29) is 11.4 Å². The van der Waals surface area contributed by atoms with Crippen LogP contribution in [0.25, 0.3) is 0 Å². The molecule has 1 aromatic rings. The van der Waals surface area contributed by atoms with Crippen molar-refractivity contribution in [2.75, 3.05) is 24.5 Å². The molecule has 2 rings (SSSR count). The Labute approximate surface area is 129 Å². The number of nitrogens with one attached hydrogen (secondary N) is 1. The number of hydrogen-bond donors (Lipinski definition) is 1. The quantitative estimate of drug-likeness (QED) is 0.908. The summed E-state index contributed by atoms with van der Waals surface area (Å²) >= 11 is 3.25. The summed E-state index contributed by atoms with van der Waals surface area (Å²) in [5, 5.41) is 3.54. The smallest absolute Gasteiger partial charge is 0.166 e. The van der Waals surface area contributed by atoms with Gasteiger partial charge in [0.15, 0.2) is 11.6 Å². The van der Waals surface area contributed by atoms with E-state index in [2.05, 4.69) is 51.9 Å². The van der Waals surface area contributed by atoms with Crippen LogP contribution in [-0.4, -0.2) is 30.2 Å². The maximum absolute atomic E-state index is 14.0. The minimum absolute atomic E-state index is 0.128. The Balaban J connectivity index is 1.99. The molecule has 1 aliphatic rings. The third kappa shape index (κ3) is 4.42. The summed E-state index contributed by atoms with van der Waals surface area (Å²) in [6.45, 7) is 9.24. The molecule has 1 fully saturated rings. The molecule has 2 heterocycles. The van der Waals surface area contributed by atoms with Crippen LogP contribution in [0.15, 0.2) is 16.7 Å². The Morgan fingerprint density at radius 3 is 2.90 bits per heavy atom. The topological polar surface area (TPSA) is 28.2 Å². The van der Waals surface area contributed by atoms with E-state index in [0.29, 0.717) is 16.2 Å². The third-order valence-corrected chi connectivity index (χ3v) is 3.96. The molecule has 0 radical (unpaired) electrons. The van der Waals surface area contributed by atoms with E-state index >= 15 is 0 Å². The lowest BCUT2D eigenvalue weighted by Gasteiger charge is -2.35. The van der Waals surface area contributed by atoms with Crippen LogP contribution in [0.1, 0.15) is 33.6 Å². The van der Waals surface area contributed by atoms with E-state index < -0.39 is 0 Å². The second-order valence-corrected chi connectivity index (χ2v) is 7.46. The van der Waals surface area contributed by atoms with Gasteiger partial charge in [0.05, 0.1) is 0 Å². The van der Waals surface area contributed by atoms with Gasteiger partial charge in [-0.3, -0.25) is 0 Å². The fraction of sp³-hybridized carbons (Fsp3) is 0.667. The highest BCUT2D eigenvalue weighted by atomic mass is 79.9. The van der Waals surface area contributed by atoms with E-state index in [9.17, 15) is 4.39 Å². The maximum atomic E-state index is 14.0. The molecular weight excluding hydrogens is 321 g/mol. The molecule has 1 N–H and O–H groups in total. The normalized spacial score (nSPS) is 20.2. The largest absolute Gasteiger partial charge is 0.354 e. The number of hydrogen-bond acceptors (Lipinski definition) is 3. The summed E-state index contributed by atoms with van der Waals surface area (Å²) in [7, 11) is 0. The van der Waals surface area contributed by atoms with Crippen LogP contribution in [-0.2, 0) is 0 Å². The Morgan fingerprint density at radius 2 is 2.25 bits per heavy atom. The predicted molar refractivity (Wildman–Crippen MR) is 84.6 cm³/mol. The minimum atomic E-state index is -0.246. The van der Waals surface area contributed by atoms with Crippen molar-refractivity contribution < 1.29 is 4.39 Å². The molecule has 0 aliphatic carbocycles. The van der Waals surface area contributed by atoms with Gasteiger partial charge in [0.25, 0.3) is 0 Å². The SMILES string of the molecule is CC(C)(C)NCC1CCCN(c2ncc(Br)cc2F)C1. The summed E-state index contributed by atoms with van der Waals surface area (Å²) < 4.78 is 14.7. The predicted octanol–water partition coefficient (Wildman–Crippen LogP) is 3.59. The second kappa shape index (κ2) is 6.39. The van der Waals surface area contributed by atoms with Gasteiger partial charge in [-0.25, -0.2) is 9.37 Å². The molecule has 0 amide bonds. The Kier molecular flexibility index (Phi) is 5.02. The monoisotopic (exact) mass is 343 g/mol. The van der Waals surface area contributed by atoms with E-state index in [0.717, 1.165) is 26.1 Å². The van der Waals surface area contributed by atoms with Gasteiger partial charge in [-0.1, -0.05) is 0 Å². The molecule has 5 heteroatoms. The van der Waals surface area contributed by atoms with Gasteiger partial charge in [0.2, 0.25) is 0 Å². The molecule has 0 spiro atoms. The molecule has 20 heavy (non-hydrogen) atoms. The number of rotatable bonds is 3. The first-order valence-electron chi connectivity index (χ1n) is 7.16. The minimum Gasteiger partial charge on any atom is -0.354 e. The van der Waals surface area contributed by atoms with Crippen LogP contribution < -0.4 is 10.2 Å². The van der Waals surface area contributed by atoms with Crippen molar-refractivity contribution >= 4 is 21.7 Å². The van der Waals surface area contributed by atoms with Crippen LogP contribution in [0.2, 0.25) is 0 Å². The van der Waals surface area contributed by atoms with Crippen LogP contribution in [0.5, 0.6) is 0 Å².